The molecular formula is C12H10F3N3. The predicted molar refractivity (Wildman–Crippen MR) is 61.6 cm³/mol. The summed E-state index contributed by atoms with van der Waals surface area (Å²) >= 11 is 0. The van der Waals surface area contributed by atoms with E-state index in [1.54, 1.807) is 31.2 Å². The molecule has 2 aromatic rings. The van der Waals surface area contributed by atoms with Crippen molar-refractivity contribution in [3.63, 3.8) is 0 Å². The predicted octanol–water partition coefficient (Wildman–Crippen LogP) is 3.05. The summed E-state index contributed by atoms with van der Waals surface area (Å²) in [5.41, 5.74) is 7.00. The first-order valence-corrected chi connectivity index (χ1v) is 5.15. The van der Waals surface area contributed by atoms with E-state index in [0.29, 0.717) is 5.56 Å². The van der Waals surface area contributed by atoms with E-state index in [2.05, 4.69) is 9.97 Å². The van der Waals surface area contributed by atoms with Crippen LogP contribution in [0, 0.1) is 6.92 Å². The Kier molecular flexibility index (Phi) is 2.94. The quantitative estimate of drug-likeness (QED) is 0.849. The molecule has 2 rings (SSSR count). The van der Waals surface area contributed by atoms with Gasteiger partial charge in [-0.05, 0) is 12.5 Å². The fourth-order valence-corrected chi connectivity index (χ4v) is 1.59. The molecule has 0 radical (unpaired) electrons. The molecule has 0 aliphatic heterocycles. The van der Waals surface area contributed by atoms with Crippen LogP contribution in [-0.2, 0) is 6.18 Å². The molecule has 0 aliphatic carbocycles. The first kappa shape index (κ1) is 12.3. The summed E-state index contributed by atoms with van der Waals surface area (Å²) in [5.74, 6) is -1.42. The molecule has 6 heteroatoms. The number of nitrogens with zero attached hydrogens (tertiary/aromatic N) is 2. The van der Waals surface area contributed by atoms with Crippen LogP contribution in [0.3, 0.4) is 0 Å². The van der Waals surface area contributed by atoms with Crippen molar-refractivity contribution < 1.29 is 13.2 Å². The molecule has 0 fully saturated rings. The van der Waals surface area contributed by atoms with Gasteiger partial charge >= 0.3 is 6.18 Å². The lowest BCUT2D eigenvalue weighted by Crippen LogP contribution is -2.13. The van der Waals surface area contributed by atoms with Gasteiger partial charge in [0.05, 0.1) is 5.69 Å². The van der Waals surface area contributed by atoms with E-state index in [1.165, 1.54) is 6.07 Å². The summed E-state index contributed by atoms with van der Waals surface area (Å²) in [4.78, 5) is 6.72. The van der Waals surface area contributed by atoms with Crippen molar-refractivity contribution in [2.24, 2.45) is 0 Å². The van der Waals surface area contributed by atoms with E-state index < -0.39 is 12.0 Å². The second-order valence-electron chi connectivity index (χ2n) is 3.81. The van der Waals surface area contributed by atoms with Crippen molar-refractivity contribution in [1.82, 2.24) is 9.97 Å². The third-order valence-electron chi connectivity index (χ3n) is 2.42. The van der Waals surface area contributed by atoms with Crippen LogP contribution in [0.1, 0.15) is 11.4 Å². The van der Waals surface area contributed by atoms with Crippen molar-refractivity contribution in [2.45, 2.75) is 13.1 Å². The van der Waals surface area contributed by atoms with E-state index in [0.717, 1.165) is 5.56 Å². The van der Waals surface area contributed by atoms with Gasteiger partial charge in [0.25, 0.3) is 0 Å². The van der Waals surface area contributed by atoms with E-state index in [-0.39, 0.29) is 11.5 Å². The molecule has 2 N–H and O–H groups in total. The van der Waals surface area contributed by atoms with Gasteiger partial charge in [-0.15, -0.1) is 0 Å². The van der Waals surface area contributed by atoms with E-state index >= 15 is 0 Å². The third-order valence-corrected chi connectivity index (χ3v) is 2.42. The van der Waals surface area contributed by atoms with Crippen molar-refractivity contribution in [2.75, 3.05) is 5.73 Å². The molecule has 0 saturated heterocycles. The minimum Gasteiger partial charge on any atom is -0.384 e. The number of benzene rings is 1. The monoisotopic (exact) mass is 253 g/mol. The Morgan fingerprint density at radius 1 is 1.11 bits per heavy atom. The van der Waals surface area contributed by atoms with Crippen molar-refractivity contribution in [3.05, 3.63) is 41.7 Å². The highest BCUT2D eigenvalue weighted by molar-refractivity contribution is 5.65. The van der Waals surface area contributed by atoms with E-state index in [1.807, 2.05) is 0 Å². The molecule has 0 saturated carbocycles. The van der Waals surface area contributed by atoms with Crippen LogP contribution >= 0.6 is 0 Å². The fraction of sp³-hybridized carbons (Fsp3) is 0.167. The average molecular weight is 253 g/mol. The van der Waals surface area contributed by atoms with Crippen LogP contribution in [0.15, 0.2) is 30.3 Å². The third kappa shape index (κ3) is 2.42. The van der Waals surface area contributed by atoms with Gasteiger partial charge in [0.15, 0.2) is 0 Å². The number of hydrogen-bond donors (Lipinski definition) is 1. The first-order chi connectivity index (χ1) is 8.38. The van der Waals surface area contributed by atoms with Crippen LogP contribution in [0.5, 0.6) is 0 Å². The highest BCUT2D eigenvalue weighted by Gasteiger charge is 2.35. The molecular weight excluding hydrogens is 243 g/mol. The zero-order chi connectivity index (χ0) is 13.3. The molecule has 18 heavy (non-hydrogen) atoms. The van der Waals surface area contributed by atoms with Crippen molar-refractivity contribution in [3.8, 4) is 11.3 Å². The van der Waals surface area contributed by atoms with E-state index in [4.69, 9.17) is 5.73 Å². The summed E-state index contributed by atoms with van der Waals surface area (Å²) in [6.45, 7) is 1.79. The fourth-order valence-electron chi connectivity index (χ4n) is 1.59. The summed E-state index contributed by atoms with van der Waals surface area (Å²) in [5, 5.41) is 0. The molecule has 1 heterocycles. The van der Waals surface area contributed by atoms with Gasteiger partial charge in [0.1, 0.15) is 5.82 Å². The number of nitrogen functional groups attached to an aromatic ring is 1. The second kappa shape index (κ2) is 4.29. The molecule has 0 spiro atoms. The lowest BCUT2D eigenvalue weighted by atomic mass is 10.1. The highest BCUT2D eigenvalue weighted by Crippen LogP contribution is 2.30. The minimum absolute atomic E-state index is 0.174. The maximum absolute atomic E-state index is 12.6. The summed E-state index contributed by atoms with van der Waals surface area (Å²) in [7, 11) is 0. The Hall–Kier alpha value is -2.11. The number of nitrogens with two attached hydrogens (primary N) is 1. The average Bonchev–Trinajstić information content (AvgIpc) is 2.27. The van der Waals surface area contributed by atoms with Gasteiger partial charge in [-0.3, -0.25) is 0 Å². The summed E-state index contributed by atoms with van der Waals surface area (Å²) < 4.78 is 37.8. The number of aryl methyl sites for hydroxylation is 1. The molecule has 1 aromatic carbocycles. The number of halogens is 3. The molecule has 0 aliphatic rings. The Labute approximate surface area is 101 Å². The Balaban J connectivity index is 2.60. The number of hydrogen-bond acceptors (Lipinski definition) is 3. The smallest absolute Gasteiger partial charge is 0.384 e. The summed E-state index contributed by atoms with van der Waals surface area (Å²) in [6, 6.07) is 8.34. The SMILES string of the molecule is Cc1ccccc1-c1cc(N)nc(C(F)(F)F)n1. The van der Waals surface area contributed by atoms with Crippen molar-refractivity contribution >= 4 is 5.82 Å². The molecule has 1 aromatic heterocycles. The summed E-state index contributed by atoms with van der Waals surface area (Å²) in [6.07, 6.45) is -4.60. The Bertz CT molecular complexity index is 579. The van der Waals surface area contributed by atoms with Crippen LogP contribution < -0.4 is 5.73 Å². The van der Waals surface area contributed by atoms with Gasteiger partial charge in [-0.25, -0.2) is 9.97 Å². The molecule has 0 unspecified atom stereocenters. The topological polar surface area (TPSA) is 51.8 Å². The van der Waals surface area contributed by atoms with Crippen LogP contribution in [0.2, 0.25) is 0 Å². The molecule has 0 amide bonds. The Morgan fingerprint density at radius 3 is 2.39 bits per heavy atom. The zero-order valence-electron chi connectivity index (χ0n) is 9.49. The lowest BCUT2D eigenvalue weighted by molar-refractivity contribution is -0.144. The number of rotatable bonds is 1. The minimum atomic E-state index is -4.60. The van der Waals surface area contributed by atoms with Crippen LogP contribution in [-0.4, -0.2) is 9.97 Å². The first-order valence-electron chi connectivity index (χ1n) is 5.15. The normalized spacial score (nSPS) is 11.6. The molecule has 0 bridgehead atoms. The zero-order valence-corrected chi connectivity index (χ0v) is 9.49. The van der Waals surface area contributed by atoms with Gasteiger partial charge in [-0.1, -0.05) is 24.3 Å². The largest absolute Gasteiger partial charge is 0.451 e. The second-order valence-corrected chi connectivity index (χ2v) is 3.81. The van der Waals surface area contributed by atoms with Gasteiger partial charge in [-0.2, -0.15) is 13.2 Å². The van der Waals surface area contributed by atoms with Crippen LogP contribution in [0.4, 0.5) is 19.0 Å². The number of aromatic nitrogens is 2. The van der Waals surface area contributed by atoms with Crippen LogP contribution in [0.25, 0.3) is 11.3 Å². The molecule has 94 valence electrons. The highest BCUT2D eigenvalue weighted by atomic mass is 19.4. The standard InChI is InChI=1S/C12H10F3N3/c1-7-4-2-3-5-8(7)9-6-10(16)18-11(17-9)12(13,14)15/h2-6H,1H3,(H2,16,17,18). The lowest BCUT2D eigenvalue weighted by Gasteiger charge is -2.09. The van der Waals surface area contributed by atoms with Crippen molar-refractivity contribution in [1.29, 1.82) is 0 Å². The number of anilines is 1. The van der Waals surface area contributed by atoms with E-state index in [9.17, 15) is 13.2 Å². The van der Waals surface area contributed by atoms with Gasteiger partial charge < -0.3 is 5.73 Å². The number of alkyl halides is 3. The maximum atomic E-state index is 12.6. The van der Waals surface area contributed by atoms with Gasteiger partial charge in [0, 0.05) is 11.6 Å². The Morgan fingerprint density at radius 2 is 1.78 bits per heavy atom. The maximum Gasteiger partial charge on any atom is 0.451 e. The molecule has 0 atom stereocenters. The molecule has 3 nitrogen and oxygen atoms in total. The van der Waals surface area contributed by atoms with Gasteiger partial charge in [0.2, 0.25) is 5.82 Å².